The Morgan fingerprint density at radius 1 is 0.929 bits per heavy atom. The smallest absolute Gasteiger partial charge is 0.312 e. The fraction of sp³-hybridized carbons (Fsp3) is 0.105. The summed E-state index contributed by atoms with van der Waals surface area (Å²) >= 11 is 0. The van der Waals surface area contributed by atoms with Gasteiger partial charge in [-0.15, -0.1) is 0 Å². The first-order valence-corrected chi connectivity index (χ1v) is 9.90. The molecule has 0 fully saturated rings. The Balaban J connectivity index is 1.78. The number of hydrogen-bond acceptors (Lipinski definition) is 6. The van der Waals surface area contributed by atoms with E-state index in [4.69, 9.17) is 0 Å². The summed E-state index contributed by atoms with van der Waals surface area (Å²) < 4.78 is 27.4. The topological polar surface area (TPSA) is 114 Å². The van der Waals surface area contributed by atoms with E-state index >= 15 is 0 Å². The minimum atomic E-state index is -3.94. The van der Waals surface area contributed by atoms with Crippen molar-refractivity contribution in [2.24, 2.45) is 0 Å². The van der Waals surface area contributed by atoms with Crippen molar-refractivity contribution in [2.75, 3.05) is 5.32 Å². The Hall–Kier alpha value is -3.30. The quantitative estimate of drug-likeness (QED) is 0.445. The van der Waals surface area contributed by atoms with Gasteiger partial charge in [0.15, 0.2) is 0 Å². The lowest BCUT2D eigenvalue weighted by molar-refractivity contribution is -0.384. The van der Waals surface area contributed by atoms with Crippen molar-refractivity contribution in [1.82, 2.24) is 9.71 Å². The average molecular weight is 398 g/mol. The van der Waals surface area contributed by atoms with E-state index in [0.29, 0.717) is 6.54 Å². The molecule has 144 valence electrons. The van der Waals surface area contributed by atoms with Crippen molar-refractivity contribution < 1.29 is 13.3 Å². The van der Waals surface area contributed by atoms with Crippen LogP contribution in [0.2, 0.25) is 0 Å². The molecule has 28 heavy (non-hydrogen) atoms. The number of rotatable bonds is 8. The second-order valence-corrected chi connectivity index (χ2v) is 7.71. The molecule has 0 bridgehead atoms. The van der Waals surface area contributed by atoms with Crippen molar-refractivity contribution in [3.05, 3.63) is 94.2 Å². The molecule has 2 aromatic carbocycles. The Labute approximate surface area is 162 Å². The molecule has 0 radical (unpaired) electrons. The Bertz CT molecular complexity index is 1060. The summed E-state index contributed by atoms with van der Waals surface area (Å²) in [5.41, 5.74) is 1.29. The van der Waals surface area contributed by atoms with Gasteiger partial charge >= 0.3 is 5.69 Å². The van der Waals surface area contributed by atoms with Crippen molar-refractivity contribution in [3.63, 3.8) is 0 Å². The predicted molar refractivity (Wildman–Crippen MR) is 105 cm³/mol. The van der Waals surface area contributed by atoms with Crippen molar-refractivity contribution >= 4 is 21.5 Å². The van der Waals surface area contributed by atoms with Crippen LogP contribution in [0.3, 0.4) is 0 Å². The van der Waals surface area contributed by atoms with Crippen molar-refractivity contribution in [1.29, 1.82) is 0 Å². The molecule has 0 saturated carbocycles. The first-order valence-electron chi connectivity index (χ1n) is 8.41. The van der Waals surface area contributed by atoms with Gasteiger partial charge in [0.2, 0.25) is 15.8 Å². The Morgan fingerprint density at radius 3 is 2.07 bits per heavy atom. The molecule has 2 N–H and O–H groups in total. The van der Waals surface area contributed by atoms with Gasteiger partial charge in [-0.2, -0.15) is 0 Å². The minimum Gasteiger partial charge on any atom is -0.360 e. The van der Waals surface area contributed by atoms with Gasteiger partial charge < -0.3 is 5.32 Å². The molecule has 3 aromatic rings. The highest BCUT2D eigenvalue weighted by Gasteiger charge is 2.22. The summed E-state index contributed by atoms with van der Waals surface area (Å²) in [5, 5.41) is 14.3. The largest absolute Gasteiger partial charge is 0.360 e. The average Bonchev–Trinajstić information content (AvgIpc) is 2.72. The predicted octanol–water partition coefficient (Wildman–Crippen LogP) is 3.08. The maximum atomic E-state index is 12.5. The van der Waals surface area contributed by atoms with E-state index in [0.717, 1.165) is 23.4 Å². The number of nitro groups is 1. The summed E-state index contributed by atoms with van der Waals surface area (Å²) in [7, 11) is -3.94. The van der Waals surface area contributed by atoms with E-state index in [1.54, 1.807) is 24.3 Å². The second-order valence-electron chi connectivity index (χ2n) is 5.95. The van der Waals surface area contributed by atoms with Crippen LogP contribution in [0.5, 0.6) is 0 Å². The van der Waals surface area contributed by atoms with Gasteiger partial charge in [-0.3, -0.25) is 10.1 Å². The SMILES string of the molecule is O=[N+]([O-])c1cc(S(=O)(=O)NCc2ccccc2)cnc1NCc1ccccc1. The normalized spacial score (nSPS) is 11.1. The molecule has 0 amide bonds. The van der Waals surface area contributed by atoms with Gasteiger partial charge in [-0.05, 0) is 11.1 Å². The summed E-state index contributed by atoms with van der Waals surface area (Å²) in [5.74, 6) is 0.0101. The van der Waals surface area contributed by atoms with E-state index in [1.807, 2.05) is 36.4 Å². The Morgan fingerprint density at radius 2 is 1.50 bits per heavy atom. The first kappa shape index (κ1) is 19.5. The van der Waals surface area contributed by atoms with Gasteiger partial charge in [0.05, 0.1) is 4.92 Å². The number of pyridine rings is 1. The maximum absolute atomic E-state index is 12.5. The number of aromatic nitrogens is 1. The summed E-state index contributed by atoms with van der Waals surface area (Å²) in [6, 6.07) is 19.3. The lowest BCUT2D eigenvalue weighted by Crippen LogP contribution is -2.23. The standard InChI is InChI=1S/C19H18N4O4S/c24-23(25)18-11-17(28(26,27)22-13-16-9-5-2-6-10-16)14-21-19(18)20-12-15-7-3-1-4-8-15/h1-11,14,22H,12-13H2,(H,20,21). The fourth-order valence-corrected chi connectivity index (χ4v) is 3.48. The van der Waals surface area contributed by atoms with Crippen molar-refractivity contribution in [2.45, 2.75) is 18.0 Å². The molecule has 3 rings (SSSR count). The molecule has 1 heterocycles. The number of nitrogens with zero attached hydrogens (tertiary/aromatic N) is 2. The molecule has 0 aliphatic rings. The van der Waals surface area contributed by atoms with Crippen LogP contribution in [0, 0.1) is 10.1 Å². The molecule has 0 aliphatic heterocycles. The van der Waals surface area contributed by atoms with Crippen LogP contribution in [0.4, 0.5) is 11.5 Å². The van der Waals surface area contributed by atoms with Gasteiger partial charge in [-0.1, -0.05) is 60.7 Å². The highest BCUT2D eigenvalue weighted by molar-refractivity contribution is 7.89. The number of nitrogens with one attached hydrogen (secondary N) is 2. The third-order valence-electron chi connectivity index (χ3n) is 3.96. The van der Waals surface area contributed by atoms with Crippen molar-refractivity contribution in [3.8, 4) is 0 Å². The van der Waals surface area contributed by atoms with E-state index in [2.05, 4.69) is 15.0 Å². The molecule has 9 heteroatoms. The molecule has 1 aromatic heterocycles. The Kier molecular flexibility index (Phi) is 5.97. The van der Waals surface area contributed by atoms with E-state index < -0.39 is 20.6 Å². The molecule has 0 unspecified atom stereocenters. The summed E-state index contributed by atoms with van der Waals surface area (Å²) in [6.07, 6.45) is 1.10. The molecule has 0 spiro atoms. The van der Waals surface area contributed by atoms with Crippen LogP contribution >= 0.6 is 0 Å². The lowest BCUT2D eigenvalue weighted by atomic mass is 10.2. The van der Waals surface area contributed by atoms with E-state index in [-0.39, 0.29) is 17.3 Å². The third-order valence-corrected chi connectivity index (χ3v) is 5.33. The highest BCUT2D eigenvalue weighted by atomic mass is 32.2. The zero-order valence-corrected chi connectivity index (χ0v) is 15.6. The monoisotopic (exact) mass is 398 g/mol. The van der Waals surface area contributed by atoms with Crippen LogP contribution < -0.4 is 10.0 Å². The van der Waals surface area contributed by atoms with E-state index in [9.17, 15) is 18.5 Å². The molecular weight excluding hydrogens is 380 g/mol. The van der Waals surface area contributed by atoms with Crippen LogP contribution in [-0.4, -0.2) is 18.3 Å². The second kappa shape index (κ2) is 8.59. The highest BCUT2D eigenvalue weighted by Crippen LogP contribution is 2.25. The number of anilines is 1. The summed E-state index contributed by atoms with van der Waals surface area (Å²) in [6.45, 7) is 0.401. The molecular formula is C19H18N4O4S. The fourth-order valence-electron chi connectivity index (χ4n) is 2.50. The maximum Gasteiger partial charge on any atom is 0.312 e. The van der Waals surface area contributed by atoms with Gasteiger partial charge in [0.25, 0.3) is 0 Å². The number of hydrogen-bond donors (Lipinski definition) is 2. The zero-order chi connectivity index (χ0) is 20.0. The first-order chi connectivity index (χ1) is 13.5. The minimum absolute atomic E-state index is 0.0101. The molecule has 0 aliphatic carbocycles. The summed E-state index contributed by atoms with van der Waals surface area (Å²) in [4.78, 5) is 14.4. The number of benzene rings is 2. The van der Waals surface area contributed by atoms with Gasteiger partial charge in [0, 0.05) is 25.4 Å². The molecule has 0 saturated heterocycles. The van der Waals surface area contributed by atoms with Gasteiger partial charge in [0.1, 0.15) is 4.90 Å². The number of sulfonamides is 1. The van der Waals surface area contributed by atoms with Crippen LogP contribution in [-0.2, 0) is 23.1 Å². The zero-order valence-electron chi connectivity index (χ0n) is 14.8. The molecule has 8 nitrogen and oxygen atoms in total. The lowest BCUT2D eigenvalue weighted by Gasteiger charge is -2.09. The van der Waals surface area contributed by atoms with Crippen LogP contribution in [0.15, 0.2) is 77.8 Å². The van der Waals surface area contributed by atoms with Gasteiger partial charge in [-0.25, -0.2) is 18.1 Å². The molecule has 0 atom stereocenters. The van der Waals surface area contributed by atoms with Crippen LogP contribution in [0.1, 0.15) is 11.1 Å². The third kappa shape index (κ3) is 4.90. The van der Waals surface area contributed by atoms with E-state index in [1.165, 1.54) is 0 Å². The van der Waals surface area contributed by atoms with Crippen LogP contribution in [0.25, 0.3) is 0 Å².